The molecule has 0 radical (unpaired) electrons. The Labute approximate surface area is 163 Å². The Morgan fingerprint density at radius 3 is 2.67 bits per heavy atom. The van der Waals surface area contributed by atoms with Crippen LogP contribution in [-0.4, -0.2) is 23.2 Å². The van der Waals surface area contributed by atoms with E-state index in [1.807, 2.05) is 57.3 Å². The molecule has 0 aliphatic rings. The Morgan fingerprint density at radius 2 is 2.07 bits per heavy atom. The molecule has 2 aromatic heterocycles. The molecule has 146 valence electrons. The Morgan fingerprint density at radius 1 is 1.30 bits per heavy atom. The second-order valence-electron chi connectivity index (χ2n) is 5.42. The number of alkyl halides is 1. The number of nitrogens with one attached hydrogen (secondary N) is 2. The number of aromatic nitrogens is 2. The number of nitrogens with zero attached hydrogens (tertiary/aromatic N) is 1. The minimum Gasteiger partial charge on any atom is -0.489 e. The summed E-state index contributed by atoms with van der Waals surface area (Å²) >= 11 is 1.46. The molecule has 0 bridgehead atoms. The maximum absolute atomic E-state index is 12.8. The zero-order valence-electron chi connectivity index (χ0n) is 15.9. The summed E-state index contributed by atoms with van der Waals surface area (Å²) in [6.45, 7) is 5.62. The number of ether oxygens (including phenoxy) is 1. The van der Waals surface area contributed by atoms with E-state index < -0.39 is 0 Å². The number of allylic oxidation sites excluding steroid dienone is 3. The highest BCUT2D eigenvalue weighted by atomic mass is 32.2. The zero-order chi connectivity index (χ0) is 20.1. The van der Waals surface area contributed by atoms with Crippen molar-refractivity contribution in [2.75, 3.05) is 7.18 Å². The molecular formula is C20H25F2N3OS. The molecule has 0 amide bonds. The molecule has 0 saturated carbocycles. The van der Waals surface area contributed by atoms with Crippen molar-refractivity contribution < 1.29 is 13.5 Å². The fraction of sp³-hybridized carbons (Fsp3) is 0.250. The minimum atomic E-state index is -0.0760. The second kappa shape index (κ2) is 12.8. The summed E-state index contributed by atoms with van der Waals surface area (Å²) in [7, 11) is 0.500. The van der Waals surface area contributed by atoms with E-state index in [2.05, 4.69) is 14.7 Å². The number of halogens is 2. The molecule has 2 heterocycles. The highest BCUT2D eigenvalue weighted by molar-refractivity contribution is 7.97. The lowest BCUT2D eigenvalue weighted by molar-refractivity contribution is 0.154. The Kier molecular flexibility index (Phi) is 10.6. The van der Waals surface area contributed by atoms with Crippen molar-refractivity contribution >= 4 is 11.9 Å². The molecule has 0 saturated heterocycles. The van der Waals surface area contributed by atoms with Crippen LogP contribution in [0.4, 0.5) is 8.78 Å². The number of hydrogen-bond acceptors (Lipinski definition) is 4. The molecule has 2 N–H and O–H groups in total. The summed E-state index contributed by atoms with van der Waals surface area (Å²) in [5.74, 6) is 0.195. The molecule has 0 fully saturated rings. The highest BCUT2D eigenvalue weighted by Crippen LogP contribution is 2.23. The Balaban J connectivity index is 0.00000176. The van der Waals surface area contributed by atoms with Gasteiger partial charge in [0, 0.05) is 23.0 Å². The van der Waals surface area contributed by atoms with Crippen LogP contribution in [0, 0.1) is 0 Å². The van der Waals surface area contributed by atoms with Gasteiger partial charge in [-0.2, -0.15) is 0 Å². The van der Waals surface area contributed by atoms with E-state index in [0.717, 1.165) is 22.0 Å². The first-order chi connectivity index (χ1) is 13.1. The molecule has 0 aromatic carbocycles. The molecule has 4 nitrogen and oxygen atoms in total. The van der Waals surface area contributed by atoms with Crippen molar-refractivity contribution in [2.45, 2.75) is 31.8 Å². The summed E-state index contributed by atoms with van der Waals surface area (Å²) < 4.78 is 30.9. The predicted octanol–water partition coefficient (Wildman–Crippen LogP) is 5.96. The van der Waals surface area contributed by atoms with Crippen LogP contribution in [0.5, 0.6) is 0 Å². The molecule has 0 unspecified atom stereocenters. The van der Waals surface area contributed by atoms with Gasteiger partial charge in [0.1, 0.15) is 12.1 Å². The molecule has 0 aliphatic heterocycles. The first kappa shape index (κ1) is 22.5. The van der Waals surface area contributed by atoms with Crippen LogP contribution in [0.3, 0.4) is 0 Å². The van der Waals surface area contributed by atoms with Crippen LogP contribution >= 0.6 is 11.9 Å². The monoisotopic (exact) mass is 393 g/mol. The Bertz CT molecular complexity index is 756. The average Bonchev–Trinajstić information content (AvgIpc) is 3.18. The van der Waals surface area contributed by atoms with Crippen molar-refractivity contribution in [1.29, 1.82) is 0 Å². The number of aromatic amines is 1. The van der Waals surface area contributed by atoms with E-state index in [9.17, 15) is 8.78 Å². The van der Waals surface area contributed by atoms with Gasteiger partial charge >= 0.3 is 0 Å². The summed E-state index contributed by atoms with van der Waals surface area (Å²) in [6.07, 6.45) is 9.33. The normalized spacial score (nSPS) is 12.1. The van der Waals surface area contributed by atoms with Gasteiger partial charge in [-0.05, 0) is 63.1 Å². The van der Waals surface area contributed by atoms with Crippen molar-refractivity contribution in [3.63, 3.8) is 0 Å². The van der Waals surface area contributed by atoms with Crippen molar-refractivity contribution in [3.8, 4) is 11.4 Å². The quantitative estimate of drug-likeness (QED) is 0.330. The predicted molar refractivity (Wildman–Crippen MR) is 108 cm³/mol. The van der Waals surface area contributed by atoms with Gasteiger partial charge in [0.25, 0.3) is 0 Å². The first-order valence-corrected chi connectivity index (χ1v) is 9.16. The lowest BCUT2D eigenvalue weighted by Crippen LogP contribution is -2.02. The molecule has 2 aromatic rings. The number of rotatable bonds is 8. The van der Waals surface area contributed by atoms with Crippen molar-refractivity contribution in [1.82, 2.24) is 14.7 Å². The topological polar surface area (TPSA) is 49.9 Å². The van der Waals surface area contributed by atoms with Gasteiger partial charge < -0.3 is 14.4 Å². The van der Waals surface area contributed by atoms with E-state index in [4.69, 9.17) is 4.74 Å². The van der Waals surface area contributed by atoms with Gasteiger partial charge in [0.05, 0.1) is 24.7 Å². The minimum absolute atomic E-state index is 0.0760. The zero-order valence-corrected chi connectivity index (χ0v) is 16.7. The van der Waals surface area contributed by atoms with Crippen LogP contribution in [0.1, 0.15) is 20.8 Å². The van der Waals surface area contributed by atoms with Gasteiger partial charge in [-0.15, -0.1) is 0 Å². The molecule has 2 rings (SSSR count). The molecule has 0 spiro atoms. The van der Waals surface area contributed by atoms with Gasteiger partial charge in [0.2, 0.25) is 0 Å². The third kappa shape index (κ3) is 8.13. The van der Waals surface area contributed by atoms with Crippen LogP contribution in [0.2, 0.25) is 0 Å². The summed E-state index contributed by atoms with van der Waals surface area (Å²) in [6, 6.07) is 7.81. The van der Waals surface area contributed by atoms with Crippen LogP contribution in [0.15, 0.2) is 77.6 Å². The first-order valence-electron chi connectivity index (χ1n) is 8.34. The highest BCUT2D eigenvalue weighted by Gasteiger charge is 2.04. The van der Waals surface area contributed by atoms with Gasteiger partial charge in [-0.3, -0.25) is 9.37 Å². The van der Waals surface area contributed by atoms with E-state index in [0.29, 0.717) is 13.5 Å². The van der Waals surface area contributed by atoms with E-state index in [1.54, 1.807) is 18.3 Å². The smallest absolute Gasteiger partial charge is 0.147 e. The maximum atomic E-state index is 12.8. The maximum Gasteiger partial charge on any atom is 0.147 e. The fourth-order valence-electron chi connectivity index (χ4n) is 1.96. The second-order valence-corrected chi connectivity index (χ2v) is 6.30. The Hall–Kier alpha value is -2.54. The fourth-order valence-corrected chi connectivity index (χ4v) is 2.67. The van der Waals surface area contributed by atoms with Gasteiger partial charge in [0.15, 0.2) is 0 Å². The average molecular weight is 394 g/mol. The molecule has 27 heavy (non-hydrogen) atoms. The number of pyridine rings is 1. The van der Waals surface area contributed by atoms with Crippen LogP contribution < -0.4 is 4.72 Å². The molecule has 0 aliphatic carbocycles. The SMILES string of the molecule is CF.C\C=C(/C=C\C(=C\F)OC(C)C)NSc1c[nH]c(-c2ccccn2)c1. The standard InChI is InChI=1S/C19H22FN3OS.CH3F/c1-4-15(8-9-16(12-20)24-14(2)3)23-25-17-11-19(22-13-17)18-7-5-6-10-21-18;1-2/h4-14,22-23H,1-3H3;1H3/b9-8-,15-4+,16-12-;. The molecule has 7 heteroatoms. The third-order valence-electron chi connectivity index (χ3n) is 3.10. The summed E-state index contributed by atoms with van der Waals surface area (Å²) in [5.41, 5.74) is 2.69. The van der Waals surface area contributed by atoms with Gasteiger partial charge in [-0.25, -0.2) is 4.39 Å². The lowest BCUT2D eigenvalue weighted by atomic mass is 10.3. The number of hydrogen-bond donors (Lipinski definition) is 2. The van der Waals surface area contributed by atoms with Crippen molar-refractivity contribution in [2.24, 2.45) is 0 Å². The number of H-pyrrole nitrogens is 1. The van der Waals surface area contributed by atoms with Gasteiger partial charge in [-0.1, -0.05) is 12.1 Å². The third-order valence-corrected chi connectivity index (χ3v) is 3.91. The summed E-state index contributed by atoms with van der Waals surface area (Å²) in [5, 5.41) is 0. The lowest BCUT2D eigenvalue weighted by Gasteiger charge is -2.09. The van der Waals surface area contributed by atoms with Crippen molar-refractivity contribution in [3.05, 3.63) is 72.7 Å². The van der Waals surface area contributed by atoms with Crippen LogP contribution in [0.25, 0.3) is 11.4 Å². The largest absolute Gasteiger partial charge is 0.489 e. The molecular weight excluding hydrogens is 368 g/mol. The summed E-state index contributed by atoms with van der Waals surface area (Å²) in [4.78, 5) is 8.54. The van der Waals surface area contributed by atoms with E-state index >= 15 is 0 Å². The van der Waals surface area contributed by atoms with Crippen LogP contribution in [-0.2, 0) is 4.74 Å². The van der Waals surface area contributed by atoms with E-state index in [1.165, 1.54) is 11.9 Å². The van der Waals surface area contributed by atoms with E-state index in [-0.39, 0.29) is 11.9 Å². The molecule has 0 atom stereocenters.